The van der Waals surface area contributed by atoms with E-state index in [-0.39, 0.29) is 0 Å². The molecule has 2 saturated heterocycles. The SMILES string of the molecule is CCNC(=NCC1CCCN1CCOC)N1CC(C)CC(C)C1. The molecule has 0 aromatic carbocycles. The highest BCUT2D eigenvalue weighted by Crippen LogP contribution is 2.21. The number of nitrogens with zero attached hydrogens (tertiary/aromatic N) is 3. The van der Waals surface area contributed by atoms with Gasteiger partial charge >= 0.3 is 0 Å². The minimum Gasteiger partial charge on any atom is -0.383 e. The number of methoxy groups -OCH3 is 1. The summed E-state index contributed by atoms with van der Waals surface area (Å²) in [6.45, 7) is 14.0. The summed E-state index contributed by atoms with van der Waals surface area (Å²) in [6, 6.07) is 0.582. The van der Waals surface area contributed by atoms with Crippen LogP contribution in [-0.2, 0) is 4.74 Å². The van der Waals surface area contributed by atoms with Gasteiger partial charge in [-0.1, -0.05) is 13.8 Å². The summed E-state index contributed by atoms with van der Waals surface area (Å²) in [6.07, 6.45) is 3.89. The Labute approximate surface area is 142 Å². The fraction of sp³-hybridized carbons (Fsp3) is 0.944. The largest absolute Gasteiger partial charge is 0.383 e. The van der Waals surface area contributed by atoms with Crippen molar-refractivity contribution >= 4 is 5.96 Å². The second kappa shape index (κ2) is 9.48. The Balaban J connectivity index is 1.95. The van der Waals surface area contributed by atoms with E-state index in [4.69, 9.17) is 9.73 Å². The number of rotatable bonds is 6. The van der Waals surface area contributed by atoms with Crippen molar-refractivity contribution in [3.8, 4) is 0 Å². The Morgan fingerprint density at radius 2 is 2.00 bits per heavy atom. The second-order valence-corrected chi connectivity index (χ2v) is 7.37. The van der Waals surface area contributed by atoms with E-state index in [2.05, 4.69) is 35.9 Å². The summed E-state index contributed by atoms with van der Waals surface area (Å²) in [7, 11) is 1.78. The first kappa shape index (κ1) is 18.5. The van der Waals surface area contributed by atoms with Crippen molar-refractivity contribution in [1.82, 2.24) is 15.1 Å². The molecule has 3 unspecified atom stereocenters. The maximum atomic E-state index is 5.24. The van der Waals surface area contributed by atoms with Gasteiger partial charge in [-0.2, -0.15) is 0 Å². The van der Waals surface area contributed by atoms with Crippen LogP contribution in [0.15, 0.2) is 4.99 Å². The van der Waals surface area contributed by atoms with Crippen molar-refractivity contribution in [3.63, 3.8) is 0 Å². The molecule has 0 amide bonds. The van der Waals surface area contributed by atoms with E-state index >= 15 is 0 Å². The number of aliphatic imine (C=N–C) groups is 1. The molecule has 2 rings (SSSR count). The van der Waals surface area contributed by atoms with Gasteiger partial charge in [0, 0.05) is 39.3 Å². The molecule has 23 heavy (non-hydrogen) atoms. The Kier molecular flexibility index (Phi) is 7.63. The third-order valence-corrected chi connectivity index (χ3v) is 5.04. The number of guanidine groups is 1. The van der Waals surface area contributed by atoms with Gasteiger partial charge in [0.1, 0.15) is 0 Å². The van der Waals surface area contributed by atoms with Gasteiger partial charge in [-0.05, 0) is 44.6 Å². The first-order valence-corrected chi connectivity index (χ1v) is 9.40. The van der Waals surface area contributed by atoms with E-state index in [9.17, 15) is 0 Å². The molecule has 2 aliphatic heterocycles. The summed E-state index contributed by atoms with van der Waals surface area (Å²) in [4.78, 5) is 10.0. The highest BCUT2D eigenvalue weighted by atomic mass is 16.5. The average molecular weight is 325 g/mol. The molecule has 0 aromatic heterocycles. The predicted molar refractivity (Wildman–Crippen MR) is 97.0 cm³/mol. The third-order valence-electron chi connectivity index (χ3n) is 5.04. The molecular weight excluding hydrogens is 288 g/mol. The monoisotopic (exact) mass is 324 g/mol. The van der Waals surface area contributed by atoms with Crippen molar-refractivity contribution in [2.24, 2.45) is 16.8 Å². The maximum absolute atomic E-state index is 5.24. The standard InChI is InChI=1S/C18H36N4O/c1-5-19-18(22-13-15(2)11-16(3)14-22)20-12-17-7-6-8-21(17)9-10-23-4/h15-17H,5-14H2,1-4H3,(H,19,20). The number of hydrogen-bond acceptors (Lipinski definition) is 3. The zero-order valence-corrected chi connectivity index (χ0v) is 15.6. The highest BCUT2D eigenvalue weighted by molar-refractivity contribution is 5.80. The van der Waals surface area contributed by atoms with Gasteiger partial charge in [-0.3, -0.25) is 9.89 Å². The fourth-order valence-corrected chi connectivity index (χ4v) is 4.06. The summed E-state index contributed by atoms with van der Waals surface area (Å²) < 4.78 is 5.24. The third kappa shape index (κ3) is 5.64. The first-order valence-electron chi connectivity index (χ1n) is 9.40. The van der Waals surface area contributed by atoms with Gasteiger partial charge in [0.15, 0.2) is 5.96 Å². The van der Waals surface area contributed by atoms with E-state index in [1.165, 1.54) is 25.8 Å². The molecule has 0 radical (unpaired) electrons. The van der Waals surface area contributed by atoms with E-state index in [0.29, 0.717) is 6.04 Å². The van der Waals surface area contributed by atoms with Gasteiger partial charge in [0.25, 0.3) is 0 Å². The van der Waals surface area contributed by atoms with Crippen molar-refractivity contribution in [1.29, 1.82) is 0 Å². The van der Waals surface area contributed by atoms with Crippen molar-refractivity contribution < 1.29 is 4.74 Å². The van der Waals surface area contributed by atoms with Crippen molar-refractivity contribution in [3.05, 3.63) is 0 Å². The van der Waals surface area contributed by atoms with E-state index in [1.807, 2.05) is 0 Å². The zero-order chi connectivity index (χ0) is 16.7. The van der Waals surface area contributed by atoms with Crippen molar-refractivity contribution in [2.75, 3.05) is 53.0 Å². The number of likely N-dealkylation sites (tertiary alicyclic amines) is 2. The minimum absolute atomic E-state index is 0.582. The van der Waals surface area contributed by atoms with Crippen LogP contribution in [-0.4, -0.2) is 74.8 Å². The smallest absolute Gasteiger partial charge is 0.193 e. The van der Waals surface area contributed by atoms with Crippen molar-refractivity contribution in [2.45, 2.75) is 46.1 Å². The quantitative estimate of drug-likeness (QED) is 0.599. The van der Waals surface area contributed by atoms with Crippen LogP contribution in [0.1, 0.15) is 40.0 Å². The fourth-order valence-electron chi connectivity index (χ4n) is 4.06. The molecule has 5 heteroatoms. The lowest BCUT2D eigenvalue weighted by atomic mass is 9.92. The molecule has 2 fully saturated rings. The molecule has 0 spiro atoms. The van der Waals surface area contributed by atoms with Crippen LogP contribution in [0.5, 0.6) is 0 Å². The van der Waals surface area contributed by atoms with Crippen LogP contribution in [0.3, 0.4) is 0 Å². The van der Waals surface area contributed by atoms with E-state index in [0.717, 1.165) is 57.1 Å². The molecule has 0 aliphatic carbocycles. The van der Waals surface area contributed by atoms with Crippen LogP contribution < -0.4 is 5.32 Å². The summed E-state index contributed by atoms with van der Waals surface area (Å²) in [5.74, 6) is 2.63. The molecule has 134 valence electrons. The Hall–Kier alpha value is -0.810. The molecule has 0 aromatic rings. The lowest BCUT2D eigenvalue weighted by Gasteiger charge is -2.37. The number of ether oxygens (including phenoxy) is 1. The van der Waals surface area contributed by atoms with Gasteiger partial charge in [-0.25, -0.2) is 0 Å². The maximum Gasteiger partial charge on any atom is 0.193 e. The Morgan fingerprint density at radius 1 is 1.26 bits per heavy atom. The van der Waals surface area contributed by atoms with Gasteiger partial charge < -0.3 is 15.0 Å². The van der Waals surface area contributed by atoms with Gasteiger partial charge in [0.2, 0.25) is 0 Å². The van der Waals surface area contributed by atoms with Crippen LogP contribution >= 0.6 is 0 Å². The predicted octanol–water partition coefficient (Wildman–Crippen LogP) is 2.04. The molecule has 0 bridgehead atoms. The highest BCUT2D eigenvalue weighted by Gasteiger charge is 2.26. The van der Waals surface area contributed by atoms with Crippen LogP contribution in [0.2, 0.25) is 0 Å². The lowest BCUT2D eigenvalue weighted by Crippen LogP contribution is -2.49. The average Bonchev–Trinajstić information content (AvgIpc) is 2.95. The molecule has 2 heterocycles. The molecule has 2 aliphatic rings. The molecule has 3 atom stereocenters. The summed E-state index contributed by atoms with van der Waals surface area (Å²) in [5, 5.41) is 3.51. The minimum atomic E-state index is 0.582. The number of piperidine rings is 1. The number of hydrogen-bond donors (Lipinski definition) is 1. The van der Waals surface area contributed by atoms with Crippen LogP contribution in [0, 0.1) is 11.8 Å². The number of nitrogens with one attached hydrogen (secondary N) is 1. The Morgan fingerprint density at radius 3 is 2.65 bits per heavy atom. The molecule has 0 saturated carbocycles. The molecule has 1 N–H and O–H groups in total. The first-order chi connectivity index (χ1) is 11.1. The summed E-state index contributed by atoms with van der Waals surface area (Å²) >= 11 is 0. The Bertz CT molecular complexity index is 364. The van der Waals surface area contributed by atoms with Gasteiger partial charge in [0.05, 0.1) is 13.2 Å². The van der Waals surface area contributed by atoms with Crippen LogP contribution in [0.25, 0.3) is 0 Å². The zero-order valence-electron chi connectivity index (χ0n) is 15.6. The lowest BCUT2D eigenvalue weighted by molar-refractivity contribution is 0.142. The van der Waals surface area contributed by atoms with Gasteiger partial charge in [-0.15, -0.1) is 0 Å². The normalized spacial score (nSPS) is 30.0. The topological polar surface area (TPSA) is 40.1 Å². The van der Waals surface area contributed by atoms with Crippen LogP contribution in [0.4, 0.5) is 0 Å². The summed E-state index contributed by atoms with van der Waals surface area (Å²) in [5.41, 5.74) is 0. The molecular formula is C18H36N4O. The molecule has 5 nitrogen and oxygen atoms in total. The second-order valence-electron chi connectivity index (χ2n) is 7.37. The van der Waals surface area contributed by atoms with E-state index < -0.39 is 0 Å². The van der Waals surface area contributed by atoms with E-state index in [1.54, 1.807) is 7.11 Å².